The number of aromatic hydroxyl groups is 1. The molecule has 0 unspecified atom stereocenters. The Morgan fingerprint density at radius 3 is 2.46 bits per heavy atom. The number of thiazole rings is 1. The van der Waals surface area contributed by atoms with E-state index in [1.165, 1.54) is 4.90 Å². The normalized spacial score (nSPS) is 20.8. The molecule has 4 aliphatic heterocycles. The number of unbranched alkanes of at least 4 members (excludes halogenated alkanes) is 1. The van der Waals surface area contributed by atoms with E-state index in [0.717, 1.165) is 117 Å². The van der Waals surface area contributed by atoms with Crippen LogP contribution in [0.15, 0.2) is 66.4 Å². The molecule has 74 heavy (non-hydrogen) atoms. The Kier molecular flexibility index (Phi) is 14.6. The van der Waals surface area contributed by atoms with Gasteiger partial charge in [0.1, 0.15) is 23.6 Å². The number of aliphatic hydroxyl groups excluding tert-OH is 1. The van der Waals surface area contributed by atoms with Crippen molar-refractivity contribution in [2.75, 3.05) is 92.1 Å². The molecule has 3 aromatic heterocycles. The third-order valence-corrected chi connectivity index (χ3v) is 15.9. The average molecular weight is 1030 g/mol. The van der Waals surface area contributed by atoms with Crippen LogP contribution in [0, 0.1) is 12.3 Å². The van der Waals surface area contributed by atoms with Crippen LogP contribution in [0.1, 0.15) is 64.1 Å². The number of hydrogen-bond donors (Lipinski definition) is 5. The predicted molar refractivity (Wildman–Crippen MR) is 281 cm³/mol. The molecule has 5 aliphatic rings. The van der Waals surface area contributed by atoms with Crippen molar-refractivity contribution in [3.8, 4) is 33.2 Å². The number of amides is 3. The number of carbonyl (C=O) groups is 3. The SMILES string of the molecule is Cc1ncsc1-c1ccc(CNC(=O)[C@@H]2C[C@@H](O)CN2C(=O)[C@@H](NC(=O)C2(F)CC2)C(C)(C)C)c(OCCCCN2CCN(c3cnc(N4CCN5c6cc(-c7ccccc7O)nnc6NC[C@H]5C4)nc3)CC2)c1. The number of β-amino-alcohol motifs (C(OH)–C–C–N with tert-alkyl or cyclic N) is 1. The third-order valence-electron chi connectivity index (χ3n) is 14.9. The summed E-state index contributed by atoms with van der Waals surface area (Å²) in [5, 5.41) is 39.0. The molecule has 392 valence electrons. The largest absolute Gasteiger partial charge is 0.507 e. The molecule has 0 radical (unpaired) electrons. The summed E-state index contributed by atoms with van der Waals surface area (Å²) < 4.78 is 21.2. The predicted octanol–water partition coefficient (Wildman–Crippen LogP) is 4.78. The molecular weight excluding hydrogens is 966 g/mol. The maximum Gasteiger partial charge on any atom is 0.258 e. The number of para-hydroxylation sites is 1. The van der Waals surface area contributed by atoms with Gasteiger partial charge >= 0.3 is 0 Å². The summed E-state index contributed by atoms with van der Waals surface area (Å²) in [6.45, 7) is 15.3. The van der Waals surface area contributed by atoms with E-state index in [1.807, 2.05) is 61.2 Å². The maximum atomic E-state index is 14.7. The smallest absolute Gasteiger partial charge is 0.258 e. The van der Waals surface area contributed by atoms with Crippen molar-refractivity contribution in [2.45, 2.75) is 96.2 Å². The van der Waals surface area contributed by atoms with Gasteiger partial charge in [-0.05, 0) is 74.4 Å². The molecule has 4 fully saturated rings. The molecule has 0 spiro atoms. The Balaban J connectivity index is 0.693. The second-order valence-corrected chi connectivity index (χ2v) is 22.1. The highest BCUT2D eigenvalue weighted by Crippen LogP contribution is 2.41. The second-order valence-electron chi connectivity index (χ2n) is 21.2. The van der Waals surface area contributed by atoms with Crippen molar-refractivity contribution in [3.05, 3.63) is 77.7 Å². The molecule has 21 heteroatoms. The highest BCUT2D eigenvalue weighted by Gasteiger charge is 2.53. The number of fused-ring (bicyclic) bond motifs is 3. The van der Waals surface area contributed by atoms with Gasteiger partial charge in [-0.25, -0.2) is 19.3 Å². The Morgan fingerprint density at radius 1 is 0.959 bits per heavy atom. The molecule has 0 bridgehead atoms. The number of rotatable bonds is 16. The molecule has 1 aliphatic carbocycles. The number of anilines is 4. The molecule has 7 heterocycles. The number of piperazine rings is 2. The summed E-state index contributed by atoms with van der Waals surface area (Å²) in [4.78, 5) is 66.5. The van der Waals surface area contributed by atoms with Gasteiger partial charge < -0.3 is 50.5 Å². The molecule has 5 N–H and O–H groups in total. The Bertz CT molecular complexity index is 2840. The Hall–Kier alpha value is -6.71. The lowest BCUT2D eigenvalue weighted by Crippen LogP contribution is -2.59. The van der Waals surface area contributed by atoms with Crippen LogP contribution < -0.4 is 35.4 Å². The van der Waals surface area contributed by atoms with E-state index in [4.69, 9.17) is 14.7 Å². The Labute approximate surface area is 434 Å². The maximum absolute atomic E-state index is 14.7. The number of phenols is 1. The van der Waals surface area contributed by atoms with Gasteiger partial charge in [-0.1, -0.05) is 45.0 Å². The molecule has 3 saturated heterocycles. The number of benzene rings is 2. The van der Waals surface area contributed by atoms with E-state index >= 15 is 0 Å². The molecule has 4 atom stereocenters. The molecule has 1 saturated carbocycles. The molecule has 10 rings (SSSR count). The fraction of sp³-hybridized carbons (Fsp3) is 0.509. The van der Waals surface area contributed by atoms with E-state index < -0.39 is 47.0 Å². The summed E-state index contributed by atoms with van der Waals surface area (Å²) in [6.07, 6.45) is 4.97. The van der Waals surface area contributed by atoms with Gasteiger partial charge in [0.25, 0.3) is 5.91 Å². The number of ether oxygens (including phenoxy) is 1. The number of likely N-dealkylation sites (tertiary alicyclic amines) is 1. The first-order valence-corrected chi connectivity index (χ1v) is 26.6. The van der Waals surface area contributed by atoms with Crippen molar-refractivity contribution < 1.29 is 33.7 Å². The lowest BCUT2D eigenvalue weighted by atomic mass is 9.85. The molecule has 2 aromatic carbocycles. The zero-order valence-corrected chi connectivity index (χ0v) is 43.3. The van der Waals surface area contributed by atoms with Gasteiger partial charge in [0, 0.05) is 83.0 Å². The number of aliphatic hydroxyl groups is 1. The van der Waals surface area contributed by atoms with E-state index in [1.54, 1.807) is 44.2 Å². The third kappa shape index (κ3) is 11.0. The average Bonchev–Trinajstić information content (AvgIpc) is 3.81. The quantitative estimate of drug-likeness (QED) is 0.0841. The first-order valence-electron chi connectivity index (χ1n) is 25.7. The number of nitrogens with one attached hydrogen (secondary N) is 3. The van der Waals surface area contributed by atoms with Crippen molar-refractivity contribution in [1.82, 2.24) is 45.6 Å². The van der Waals surface area contributed by atoms with Gasteiger partial charge in [-0.3, -0.25) is 19.3 Å². The number of carbonyl (C=O) groups excluding carboxylic acids is 3. The van der Waals surface area contributed by atoms with Crippen LogP contribution in [0.25, 0.3) is 21.7 Å². The van der Waals surface area contributed by atoms with Gasteiger partial charge in [0.05, 0.1) is 64.3 Å². The van der Waals surface area contributed by atoms with Crippen LogP contribution in [0.5, 0.6) is 11.5 Å². The van der Waals surface area contributed by atoms with E-state index in [2.05, 4.69) is 50.7 Å². The summed E-state index contributed by atoms with van der Waals surface area (Å²) >= 11 is 1.55. The number of aryl methyl sites for hydroxylation is 1. The molecule has 5 aromatic rings. The van der Waals surface area contributed by atoms with Crippen LogP contribution in [-0.4, -0.2) is 165 Å². The molecular formula is C53H66FN13O6S. The number of nitrogens with zero attached hydrogens (tertiary/aromatic N) is 10. The zero-order valence-electron chi connectivity index (χ0n) is 42.5. The van der Waals surface area contributed by atoms with Crippen molar-refractivity contribution in [2.24, 2.45) is 5.41 Å². The van der Waals surface area contributed by atoms with Crippen LogP contribution in [0.3, 0.4) is 0 Å². The number of halogens is 1. The van der Waals surface area contributed by atoms with E-state index in [0.29, 0.717) is 23.6 Å². The van der Waals surface area contributed by atoms with Gasteiger partial charge in [0.15, 0.2) is 11.5 Å². The molecule has 19 nitrogen and oxygen atoms in total. The summed E-state index contributed by atoms with van der Waals surface area (Å²) in [6, 6.07) is 13.2. The standard InChI is InChI=1S/C53H66FN13O6S/c1-33-45(74-32-59-33)34-11-12-35(26-56-48(70)42-24-38(68)31-67(42)49(71)46(52(2,3)4)60-50(72)53(54)13-14-53)44(23-34)73-22-8-7-15-63-16-18-64(19-17-63)36-27-57-51(58-28-36)65-20-21-66-37(30-65)29-55-47-41(66)25-40(61-62-47)39-9-5-6-10-43(39)69/h5-6,9-12,23,25,27-28,32,37-38,42,46,68-69H,7-8,13-22,24,26,29-31H2,1-4H3,(H,55,62)(H,56,70)(H,60,72)/t37-,38+,42-,46+/m0/s1. The number of phenolic OH excluding ortho intramolecular Hbond substituents is 1. The number of hydrogen-bond acceptors (Lipinski definition) is 17. The van der Waals surface area contributed by atoms with Crippen molar-refractivity contribution in [3.63, 3.8) is 0 Å². The minimum Gasteiger partial charge on any atom is -0.507 e. The highest BCUT2D eigenvalue weighted by atomic mass is 32.1. The van der Waals surface area contributed by atoms with Crippen molar-refractivity contribution >= 4 is 52.2 Å². The van der Waals surface area contributed by atoms with Gasteiger partial charge in [-0.2, -0.15) is 0 Å². The van der Waals surface area contributed by atoms with Crippen LogP contribution >= 0.6 is 11.3 Å². The van der Waals surface area contributed by atoms with E-state index in [9.17, 15) is 29.0 Å². The zero-order chi connectivity index (χ0) is 51.7. The minimum atomic E-state index is -1.97. The number of aromatic nitrogens is 5. The van der Waals surface area contributed by atoms with Crippen LogP contribution in [-0.2, 0) is 20.9 Å². The van der Waals surface area contributed by atoms with Gasteiger partial charge in [-0.15, -0.1) is 21.5 Å². The van der Waals surface area contributed by atoms with E-state index in [-0.39, 0.29) is 44.1 Å². The highest BCUT2D eigenvalue weighted by molar-refractivity contribution is 7.13. The lowest BCUT2D eigenvalue weighted by Gasteiger charge is -2.45. The number of alkyl halides is 1. The van der Waals surface area contributed by atoms with Crippen molar-refractivity contribution in [1.29, 1.82) is 0 Å². The minimum absolute atomic E-state index is 0.0381. The fourth-order valence-corrected chi connectivity index (χ4v) is 11.2. The summed E-state index contributed by atoms with van der Waals surface area (Å²) in [7, 11) is 0. The topological polar surface area (TPSA) is 218 Å². The lowest BCUT2D eigenvalue weighted by molar-refractivity contribution is -0.145. The van der Waals surface area contributed by atoms with Crippen LogP contribution in [0.2, 0.25) is 0 Å². The first-order chi connectivity index (χ1) is 35.6. The fourth-order valence-electron chi connectivity index (χ4n) is 10.4. The second kappa shape index (κ2) is 21.3. The van der Waals surface area contributed by atoms with Crippen LogP contribution in [0.4, 0.5) is 27.5 Å². The first kappa shape index (κ1) is 50.8. The summed E-state index contributed by atoms with van der Waals surface area (Å²) in [5.74, 6) is 0.497. The molecule has 3 amide bonds. The monoisotopic (exact) mass is 1030 g/mol. The van der Waals surface area contributed by atoms with Gasteiger partial charge in [0.2, 0.25) is 17.8 Å². The Morgan fingerprint density at radius 2 is 1.73 bits per heavy atom. The summed E-state index contributed by atoms with van der Waals surface area (Å²) in [5.41, 5.74) is 4.99.